The summed E-state index contributed by atoms with van der Waals surface area (Å²) in [6.45, 7) is 0. The zero-order valence-electron chi connectivity index (χ0n) is 6.91. The Balaban J connectivity index is 2.47. The van der Waals surface area contributed by atoms with Crippen LogP contribution in [0.4, 0.5) is 0 Å². The van der Waals surface area contributed by atoms with Gasteiger partial charge < -0.3 is 19.0 Å². The first-order valence-electron chi connectivity index (χ1n) is 3.53. The lowest BCUT2D eigenvalue weighted by molar-refractivity contribution is -0.229. The van der Waals surface area contributed by atoms with E-state index in [4.69, 9.17) is 0 Å². The summed E-state index contributed by atoms with van der Waals surface area (Å²) >= 11 is 0. The topological polar surface area (TPSA) is 78.8 Å². The second-order valence-corrected chi connectivity index (χ2v) is 6.43. The molecular formula is C5H10O5PS2-. The Morgan fingerprint density at radius 1 is 1.54 bits per heavy atom. The fraction of sp³-hybridized carbons (Fsp3) is 1.00. The smallest absolute Gasteiger partial charge is 0.267 e. The molecule has 1 aliphatic rings. The van der Waals surface area contributed by atoms with Gasteiger partial charge in [0.05, 0.1) is 6.10 Å². The molecule has 1 rings (SSSR count). The van der Waals surface area contributed by atoms with E-state index in [1.165, 1.54) is 21.6 Å². The van der Waals surface area contributed by atoms with Crippen molar-refractivity contribution in [2.45, 2.75) is 12.2 Å². The highest BCUT2D eigenvalue weighted by molar-refractivity contribution is 8.76. The molecule has 0 saturated carbocycles. The van der Waals surface area contributed by atoms with Gasteiger partial charge in [0.15, 0.2) is 0 Å². The second-order valence-electron chi connectivity index (χ2n) is 2.41. The first kappa shape index (κ1) is 11.8. The van der Waals surface area contributed by atoms with Crippen LogP contribution in [0.25, 0.3) is 0 Å². The standard InChI is InChI=1S/C5H11O5PS2/c1-9-11(7,8)10-5-3-13-12-2-4(5)6/h4-6H,2-3H2,1H3,(H,7,8)/p-1. The molecular weight excluding hydrogens is 235 g/mol. The van der Waals surface area contributed by atoms with Crippen molar-refractivity contribution in [3.63, 3.8) is 0 Å². The van der Waals surface area contributed by atoms with Crippen LogP contribution in [0.5, 0.6) is 0 Å². The Bertz CT molecular complexity index is 213. The van der Waals surface area contributed by atoms with Gasteiger partial charge in [-0.05, 0) is 0 Å². The highest BCUT2D eigenvalue weighted by Crippen LogP contribution is 2.42. The average Bonchev–Trinajstić information content (AvgIpc) is 2.09. The van der Waals surface area contributed by atoms with Gasteiger partial charge >= 0.3 is 0 Å². The van der Waals surface area contributed by atoms with Gasteiger partial charge in [-0.2, -0.15) is 0 Å². The zero-order valence-corrected chi connectivity index (χ0v) is 9.44. The van der Waals surface area contributed by atoms with E-state index < -0.39 is 20.0 Å². The largest absolute Gasteiger partial charge is 0.756 e. The SMILES string of the molecule is COP(=O)([O-])OC1CSSCC1O. The van der Waals surface area contributed by atoms with E-state index in [0.717, 1.165) is 7.11 Å². The molecule has 5 nitrogen and oxygen atoms in total. The van der Waals surface area contributed by atoms with Crippen LogP contribution in [-0.4, -0.2) is 35.9 Å². The lowest BCUT2D eigenvalue weighted by Gasteiger charge is -2.31. The number of hydrogen-bond acceptors (Lipinski definition) is 7. The van der Waals surface area contributed by atoms with Crippen molar-refractivity contribution < 1.29 is 23.6 Å². The molecule has 0 aliphatic carbocycles. The molecule has 78 valence electrons. The van der Waals surface area contributed by atoms with E-state index in [2.05, 4.69) is 9.05 Å². The van der Waals surface area contributed by atoms with Gasteiger partial charge in [0.2, 0.25) is 0 Å². The molecule has 0 aromatic rings. The first-order valence-corrected chi connectivity index (χ1v) is 7.47. The van der Waals surface area contributed by atoms with E-state index in [-0.39, 0.29) is 0 Å². The van der Waals surface area contributed by atoms with Crippen LogP contribution in [-0.2, 0) is 13.6 Å². The van der Waals surface area contributed by atoms with E-state index >= 15 is 0 Å². The maximum atomic E-state index is 10.9. The summed E-state index contributed by atoms with van der Waals surface area (Å²) in [7, 11) is -0.211. The molecule has 1 aliphatic heterocycles. The number of phosphoric ester groups is 1. The van der Waals surface area contributed by atoms with Gasteiger partial charge in [0.25, 0.3) is 7.82 Å². The minimum absolute atomic E-state index is 0.446. The van der Waals surface area contributed by atoms with Gasteiger partial charge in [0, 0.05) is 18.6 Å². The van der Waals surface area contributed by atoms with Crippen LogP contribution in [0.2, 0.25) is 0 Å². The number of hydrogen-bond donors (Lipinski definition) is 1. The van der Waals surface area contributed by atoms with Gasteiger partial charge in [-0.15, -0.1) is 0 Å². The van der Waals surface area contributed by atoms with Gasteiger partial charge in [-0.25, -0.2) is 0 Å². The Kier molecular flexibility index (Phi) is 4.57. The Labute approximate surface area is 84.2 Å². The third kappa shape index (κ3) is 3.79. The lowest BCUT2D eigenvalue weighted by atomic mass is 10.3. The molecule has 3 unspecified atom stereocenters. The summed E-state index contributed by atoms with van der Waals surface area (Å²) in [5.74, 6) is 0.917. The highest BCUT2D eigenvalue weighted by Gasteiger charge is 2.28. The molecule has 1 heterocycles. The summed E-state index contributed by atoms with van der Waals surface area (Å²) < 4.78 is 19.6. The van der Waals surface area contributed by atoms with Crippen LogP contribution in [0.1, 0.15) is 0 Å². The molecule has 0 aromatic heterocycles. The lowest BCUT2D eigenvalue weighted by Crippen LogP contribution is -2.35. The fourth-order valence-electron chi connectivity index (χ4n) is 0.761. The van der Waals surface area contributed by atoms with Crippen LogP contribution < -0.4 is 4.89 Å². The summed E-state index contributed by atoms with van der Waals surface area (Å²) in [4.78, 5) is 10.9. The maximum Gasteiger partial charge on any atom is 0.267 e. The molecule has 1 fully saturated rings. The molecule has 8 heteroatoms. The molecule has 0 radical (unpaired) electrons. The molecule has 0 aromatic carbocycles. The Hall–Kier alpha value is 0.770. The van der Waals surface area contributed by atoms with Crippen molar-refractivity contribution in [1.29, 1.82) is 0 Å². The molecule has 0 spiro atoms. The van der Waals surface area contributed by atoms with Crippen molar-refractivity contribution >= 4 is 29.4 Å². The van der Waals surface area contributed by atoms with E-state index in [1.54, 1.807) is 0 Å². The number of phosphoric acid groups is 1. The van der Waals surface area contributed by atoms with E-state index in [0.29, 0.717) is 11.5 Å². The molecule has 13 heavy (non-hydrogen) atoms. The van der Waals surface area contributed by atoms with Gasteiger partial charge in [-0.3, -0.25) is 4.57 Å². The van der Waals surface area contributed by atoms with Crippen molar-refractivity contribution in [2.24, 2.45) is 0 Å². The third-order valence-electron chi connectivity index (χ3n) is 1.47. The molecule has 1 saturated heterocycles. The summed E-state index contributed by atoms with van der Waals surface area (Å²) in [5, 5.41) is 9.35. The molecule has 0 amide bonds. The quantitative estimate of drug-likeness (QED) is 0.563. The highest BCUT2D eigenvalue weighted by atomic mass is 33.1. The fourth-order valence-corrected chi connectivity index (χ4v) is 3.86. The van der Waals surface area contributed by atoms with Crippen LogP contribution >= 0.6 is 29.4 Å². The monoisotopic (exact) mass is 245 g/mol. The van der Waals surface area contributed by atoms with E-state index in [9.17, 15) is 14.6 Å². The predicted octanol–water partition coefficient (Wildman–Crippen LogP) is 0.242. The van der Waals surface area contributed by atoms with E-state index in [1.807, 2.05) is 0 Å². The second kappa shape index (κ2) is 5.02. The predicted molar refractivity (Wildman–Crippen MR) is 50.4 cm³/mol. The van der Waals surface area contributed by atoms with Crippen LogP contribution in [0.3, 0.4) is 0 Å². The third-order valence-corrected chi connectivity index (χ3v) is 4.87. The minimum Gasteiger partial charge on any atom is -0.756 e. The van der Waals surface area contributed by atoms with Crippen molar-refractivity contribution in [3.05, 3.63) is 0 Å². The van der Waals surface area contributed by atoms with Crippen molar-refractivity contribution in [2.75, 3.05) is 18.6 Å². The Morgan fingerprint density at radius 3 is 2.69 bits per heavy atom. The number of aliphatic hydroxyl groups is 1. The number of aliphatic hydroxyl groups excluding tert-OH is 1. The summed E-state index contributed by atoms with van der Waals surface area (Å²) in [6.07, 6.45) is -1.43. The summed E-state index contributed by atoms with van der Waals surface area (Å²) in [5.41, 5.74) is 0. The Morgan fingerprint density at radius 2 is 2.15 bits per heavy atom. The first-order chi connectivity index (χ1) is 6.05. The number of rotatable bonds is 3. The van der Waals surface area contributed by atoms with Gasteiger partial charge in [0.1, 0.15) is 6.10 Å². The molecule has 3 atom stereocenters. The minimum atomic E-state index is -4.21. The zero-order chi connectivity index (χ0) is 9.90. The van der Waals surface area contributed by atoms with Crippen molar-refractivity contribution in [3.8, 4) is 0 Å². The normalized spacial score (nSPS) is 34.1. The van der Waals surface area contributed by atoms with Crippen LogP contribution in [0, 0.1) is 0 Å². The summed E-state index contributed by atoms with van der Waals surface area (Å²) in [6, 6.07) is 0. The average molecular weight is 245 g/mol. The maximum absolute atomic E-state index is 10.9. The van der Waals surface area contributed by atoms with Gasteiger partial charge in [-0.1, -0.05) is 21.6 Å². The molecule has 0 bridgehead atoms. The molecule has 1 N–H and O–H groups in total. The van der Waals surface area contributed by atoms with Crippen molar-refractivity contribution in [1.82, 2.24) is 0 Å². The van der Waals surface area contributed by atoms with Crippen LogP contribution in [0.15, 0.2) is 0 Å².